The number of fused-ring (bicyclic) bond motifs is 1. The third kappa shape index (κ3) is 2.95. The third-order valence-electron chi connectivity index (χ3n) is 3.49. The van der Waals surface area contributed by atoms with Gasteiger partial charge in [0.05, 0.1) is 4.05 Å². The highest BCUT2D eigenvalue weighted by Gasteiger charge is 2.32. The minimum atomic E-state index is 0.632. The quantitative estimate of drug-likeness (QED) is 0.358. The van der Waals surface area contributed by atoms with E-state index < -0.39 is 0 Å². The molecular formula is C10H18I2N2. The van der Waals surface area contributed by atoms with Gasteiger partial charge in [0.15, 0.2) is 0 Å². The summed E-state index contributed by atoms with van der Waals surface area (Å²) < 4.78 is 1.56. The largest absolute Gasteiger partial charge is 0.257 e. The molecular weight excluding hydrogens is 402 g/mol. The van der Waals surface area contributed by atoms with Gasteiger partial charge in [0, 0.05) is 10.5 Å². The van der Waals surface area contributed by atoms with E-state index in [9.17, 15) is 0 Å². The maximum absolute atomic E-state index is 3.38. The molecule has 4 unspecified atom stereocenters. The molecule has 1 aliphatic heterocycles. The predicted octanol–water partition coefficient (Wildman–Crippen LogP) is 2.86. The lowest BCUT2D eigenvalue weighted by atomic mass is 9.81. The number of halogens is 2. The Morgan fingerprint density at radius 1 is 1.00 bits per heavy atom. The number of alkyl halides is 2. The van der Waals surface area contributed by atoms with Crippen LogP contribution in [-0.2, 0) is 0 Å². The summed E-state index contributed by atoms with van der Waals surface area (Å²) in [7, 11) is 0. The molecule has 0 aromatic carbocycles. The molecule has 0 radical (unpaired) electrons. The lowest BCUT2D eigenvalue weighted by Gasteiger charge is -2.38. The predicted molar refractivity (Wildman–Crippen MR) is 76.8 cm³/mol. The summed E-state index contributed by atoms with van der Waals surface area (Å²) in [6.07, 6.45) is 7.13. The van der Waals surface area contributed by atoms with Gasteiger partial charge >= 0.3 is 0 Å². The molecule has 14 heavy (non-hydrogen) atoms. The Labute approximate surface area is 114 Å². The highest BCUT2D eigenvalue weighted by Crippen LogP contribution is 2.35. The number of hydrazine groups is 1. The molecule has 0 amide bonds. The number of hydrogen-bond acceptors (Lipinski definition) is 2. The molecule has 2 nitrogen and oxygen atoms in total. The molecule has 1 saturated heterocycles. The first-order chi connectivity index (χ1) is 6.77. The average Bonchev–Trinajstić information content (AvgIpc) is 2.13. The first kappa shape index (κ1) is 11.9. The zero-order valence-corrected chi connectivity index (χ0v) is 12.6. The van der Waals surface area contributed by atoms with Gasteiger partial charge in [0.2, 0.25) is 0 Å². The van der Waals surface area contributed by atoms with E-state index in [0.29, 0.717) is 4.05 Å². The van der Waals surface area contributed by atoms with Gasteiger partial charge in [-0.3, -0.25) is 5.43 Å². The Balaban J connectivity index is 1.97. The Bertz CT molecular complexity index is 189. The van der Waals surface area contributed by atoms with Crippen LogP contribution in [-0.4, -0.2) is 14.5 Å². The molecule has 0 spiro atoms. The number of nitrogens with one attached hydrogen (secondary N) is 2. The average molecular weight is 420 g/mol. The Kier molecular flexibility index (Phi) is 4.77. The van der Waals surface area contributed by atoms with Gasteiger partial charge in [-0.2, -0.15) is 0 Å². The molecule has 2 fully saturated rings. The fraction of sp³-hybridized carbons (Fsp3) is 1.00. The van der Waals surface area contributed by atoms with Crippen molar-refractivity contribution in [2.75, 3.05) is 6.54 Å². The van der Waals surface area contributed by atoms with Crippen LogP contribution in [0.1, 0.15) is 32.1 Å². The molecule has 2 aliphatic rings. The Morgan fingerprint density at radius 2 is 1.86 bits per heavy atom. The lowest BCUT2D eigenvalue weighted by molar-refractivity contribution is 0.184. The van der Waals surface area contributed by atoms with Crippen molar-refractivity contribution < 1.29 is 0 Å². The highest BCUT2D eigenvalue weighted by atomic mass is 127. The third-order valence-corrected chi connectivity index (χ3v) is 5.97. The van der Waals surface area contributed by atoms with Gasteiger partial charge < -0.3 is 0 Å². The van der Waals surface area contributed by atoms with Gasteiger partial charge in [-0.15, -0.1) is 0 Å². The summed E-state index contributed by atoms with van der Waals surface area (Å²) in [6, 6.07) is 0. The summed E-state index contributed by atoms with van der Waals surface area (Å²) >= 11 is 5.18. The Hall–Kier alpha value is 1.38. The zero-order chi connectivity index (χ0) is 9.97. The second-order valence-electron chi connectivity index (χ2n) is 4.46. The molecule has 0 aromatic heterocycles. The molecule has 4 atom stereocenters. The van der Waals surface area contributed by atoms with E-state index >= 15 is 0 Å². The SMILES string of the molecule is IC1CCCC2CNNC(I)C2CC1. The topological polar surface area (TPSA) is 24.1 Å². The minimum absolute atomic E-state index is 0.632. The van der Waals surface area contributed by atoms with E-state index in [4.69, 9.17) is 0 Å². The van der Waals surface area contributed by atoms with Crippen LogP contribution in [0, 0.1) is 11.8 Å². The summed E-state index contributed by atoms with van der Waals surface area (Å²) in [4.78, 5) is 0. The maximum Gasteiger partial charge on any atom is 0.0758 e. The summed E-state index contributed by atoms with van der Waals surface area (Å²) in [6.45, 7) is 1.18. The fourth-order valence-corrected chi connectivity index (χ4v) is 4.57. The van der Waals surface area contributed by atoms with Crippen LogP contribution in [0.2, 0.25) is 0 Å². The van der Waals surface area contributed by atoms with Crippen LogP contribution in [0.5, 0.6) is 0 Å². The second-order valence-corrected chi connectivity index (χ2v) is 7.56. The van der Waals surface area contributed by atoms with Crippen molar-refractivity contribution in [2.24, 2.45) is 11.8 Å². The van der Waals surface area contributed by atoms with E-state index in [2.05, 4.69) is 56.0 Å². The summed E-state index contributed by atoms with van der Waals surface area (Å²) in [5, 5.41) is 0. The van der Waals surface area contributed by atoms with Crippen LogP contribution in [0.25, 0.3) is 0 Å². The van der Waals surface area contributed by atoms with Crippen LogP contribution in [0.4, 0.5) is 0 Å². The van der Waals surface area contributed by atoms with Gasteiger partial charge in [-0.05, 0) is 37.5 Å². The Morgan fingerprint density at radius 3 is 2.71 bits per heavy atom. The van der Waals surface area contributed by atoms with Crippen LogP contribution < -0.4 is 10.9 Å². The van der Waals surface area contributed by atoms with E-state index in [-0.39, 0.29) is 0 Å². The lowest BCUT2D eigenvalue weighted by Crippen LogP contribution is -2.53. The fourth-order valence-electron chi connectivity index (χ4n) is 2.60. The highest BCUT2D eigenvalue weighted by molar-refractivity contribution is 14.1. The van der Waals surface area contributed by atoms with E-state index in [0.717, 1.165) is 15.8 Å². The molecule has 0 bridgehead atoms. The first-order valence-corrected chi connectivity index (χ1v) is 8.03. The minimum Gasteiger partial charge on any atom is -0.257 e. The van der Waals surface area contributed by atoms with Crippen molar-refractivity contribution in [3.05, 3.63) is 0 Å². The van der Waals surface area contributed by atoms with Crippen LogP contribution >= 0.6 is 45.2 Å². The van der Waals surface area contributed by atoms with Crippen molar-refractivity contribution in [2.45, 2.75) is 40.1 Å². The molecule has 2 rings (SSSR count). The van der Waals surface area contributed by atoms with Crippen LogP contribution in [0.15, 0.2) is 0 Å². The maximum atomic E-state index is 3.38. The molecule has 1 saturated carbocycles. The number of rotatable bonds is 0. The molecule has 82 valence electrons. The van der Waals surface area contributed by atoms with Crippen molar-refractivity contribution >= 4 is 45.2 Å². The number of hydrogen-bond donors (Lipinski definition) is 2. The van der Waals surface area contributed by atoms with Crippen molar-refractivity contribution in [1.29, 1.82) is 0 Å². The second kappa shape index (κ2) is 5.63. The van der Waals surface area contributed by atoms with Gasteiger partial charge in [0.25, 0.3) is 0 Å². The molecule has 0 aromatic rings. The van der Waals surface area contributed by atoms with E-state index in [1.54, 1.807) is 0 Å². The van der Waals surface area contributed by atoms with E-state index in [1.807, 2.05) is 0 Å². The van der Waals surface area contributed by atoms with Crippen LogP contribution in [0.3, 0.4) is 0 Å². The molecule has 2 N–H and O–H groups in total. The van der Waals surface area contributed by atoms with Gasteiger partial charge in [-0.25, -0.2) is 5.43 Å². The van der Waals surface area contributed by atoms with Crippen molar-refractivity contribution in [1.82, 2.24) is 10.9 Å². The summed E-state index contributed by atoms with van der Waals surface area (Å²) in [5.74, 6) is 1.82. The zero-order valence-electron chi connectivity index (χ0n) is 8.31. The molecule has 4 heteroatoms. The molecule has 1 heterocycles. The van der Waals surface area contributed by atoms with E-state index in [1.165, 1.54) is 38.6 Å². The normalized spacial score (nSPS) is 45.0. The van der Waals surface area contributed by atoms with Crippen molar-refractivity contribution in [3.8, 4) is 0 Å². The van der Waals surface area contributed by atoms with Gasteiger partial charge in [0.1, 0.15) is 0 Å². The monoisotopic (exact) mass is 420 g/mol. The smallest absolute Gasteiger partial charge is 0.0758 e. The summed E-state index contributed by atoms with van der Waals surface area (Å²) in [5.41, 5.74) is 6.71. The van der Waals surface area contributed by atoms with Gasteiger partial charge in [-0.1, -0.05) is 51.6 Å². The standard InChI is InChI=1S/C10H18I2N2/c11-8-3-1-2-7-6-13-14-10(12)9(7)5-4-8/h7-10,13-14H,1-6H2. The molecule has 1 aliphatic carbocycles. The first-order valence-electron chi connectivity index (χ1n) is 5.54. The van der Waals surface area contributed by atoms with Crippen molar-refractivity contribution in [3.63, 3.8) is 0 Å².